The van der Waals surface area contributed by atoms with Gasteiger partial charge in [-0.2, -0.15) is 0 Å². The molecule has 2 aliphatic rings. The van der Waals surface area contributed by atoms with Gasteiger partial charge in [-0.25, -0.2) is 0 Å². The monoisotopic (exact) mass is 274 g/mol. The van der Waals surface area contributed by atoms with Gasteiger partial charge in [0.2, 0.25) is 0 Å². The van der Waals surface area contributed by atoms with Gasteiger partial charge in [0, 0.05) is 29.0 Å². The number of hydrogen-bond donors (Lipinski definition) is 2. The fourth-order valence-corrected chi connectivity index (χ4v) is 3.63. The lowest BCUT2D eigenvalue weighted by molar-refractivity contribution is -0.0578. The van der Waals surface area contributed by atoms with E-state index in [0.717, 1.165) is 18.4 Å². The first-order valence-electron chi connectivity index (χ1n) is 7.17. The van der Waals surface area contributed by atoms with Crippen LogP contribution in [0.25, 0.3) is 0 Å². The lowest BCUT2D eigenvalue weighted by Gasteiger charge is -2.54. The minimum atomic E-state index is -0.345. The average Bonchev–Trinajstić information content (AvgIpc) is 2.30. The van der Waals surface area contributed by atoms with E-state index in [-0.39, 0.29) is 28.4 Å². The van der Waals surface area contributed by atoms with Gasteiger partial charge in [-0.05, 0) is 33.6 Å². The third-order valence-electron chi connectivity index (χ3n) is 5.33. The van der Waals surface area contributed by atoms with Gasteiger partial charge in [0.1, 0.15) is 22.8 Å². The van der Waals surface area contributed by atoms with Gasteiger partial charge in [0.15, 0.2) is 0 Å². The first-order chi connectivity index (χ1) is 9.24. The molecule has 3 rings (SSSR count). The third kappa shape index (κ3) is 1.65. The highest BCUT2D eigenvalue weighted by molar-refractivity contribution is 5.56. The van der Waals surface area contributed by atoms with Crippen LogP contribution in [-0.4, -0.2) is 15.8 Å². The van der Waals surface area contributed by atoms with Crippen molar-refractivity contribution in [2.45, 2.75) is 52.1 Å². The number of phenolic OH excluding ortho intramolecular Hbond substituents is 2. The second-order valence-electron chi connectivity index (χ2n) is 6.90. The van der Waals surface area contributed by atoms with E-state index >= 15 is 0 Å². The molecule has 1 aliphatic carbocycles. The summed E-state index contributed by atoms with van der Waals surface area (Å²) in [5, 5.41) is 20.0. The summed E-state index contributed by atoms with van der Waals surface area (Å²) in [5.74, 6) is 0.881. The molecule has 0 amide bonds. The Labute approximate surface area is 119 Å². The molecule has 0 saturated heterocycles. The Kier molecular flexibility index (Phi) is 2.63. The van der Waals surface area contributed by atoms with Crippen molar-refractivity contribution in [1.82, 2.24) is 0 Å². The number of phenols is 2. The normalized spacial score (nSPS) is 30.8. The molecule has 0 saturated carbocycles. The Balaban J connectivity index is 2.28. The van der Waals surface area contributed by atoms with Gasteiger partial charge in [0.05, 0.1) is 0 Å². The van der Waals surface area contributed by atoms with Crippen molar-refractivity contribution in [2.75, 3.05) is 0 Å². The molecule has 108 valence electrons. The van der Waals surface area contributed by atoms with Gasteiger partial charge in [-0.15, -0.1) is 0 Å². The maximum atomic E-state index is 10.3. The van der Waals surface area contributed by atoms with Crippen molar-refractivity contribution in [3.63, 3.8) is 0 Å². The standard InChI is InChI=1S/C17H22O3/c1-10-5-6-17(4)12(7-10)15-13(19)8-11(18)9-14(15)20-16(17,2)3/h7-9,12,18-19H,5-6H2,1-4H3/t12?,17-/m1/s1. The summed E-state index contributed by atoms with van der Waals surface area (Å²) in [6.45, 7) is 8.56. The van der Waals surface area contributed by atoms with Crippen molar-refractivity contribution in [3.05, 3.63) is 29.3 Å². The number of fused-ring (bicyclic) bond motifs is 3. The Morgan fingerprint density at radius 1 is 1.20 bits per heavy atom. The van der Waals surface area contributed by atoms with Gasteiger partial charge in [-0.3, -0.25) is 0 Å². The first kappa shape index (κ1) is 13.3. The molecule has 2 atom stereocenters. The number of rotatable bonds is 0. The topological polar surface area (TPSA) is 49.7 Å². The Morgan fingerprint density at radius 3 is 2.60 bits per heavy atom. The molecule has 2 N–H and O–H groups in total. The Morgan fingerprint density at radius 2 is 1.90 bits per heavy atom. The summed E-state index contributed by atoms with van der Waals surface area (Å²) >= 11 is 0. The molecule has 0 radical (unpaired) electrons. The second kappa shape index (κ2) is 3.94. The van der Waals surface area contributed by atoms with Crippen molar-refractivity contribution >= 4 is 0 Å². The summed E-state index contributed by atoms with van der Waals surface area (Å²) in [7, 11) is 0. The third-order valence-corrected chi connectivity index (χ3v) is 5.33. The number of ether oxygens (including phenoxy) is 1. The number of aromatic hydroxyl groups is 2. The minimum Gasteiger partial charge on any atom is -0.508 e. The first-order valence-corrected chi connectivity index (χ1v) is 7.17. The van der Waals surface area contributed by atoms with E-state index < -0.39 is 0 Å². The smallest absolute Gasteiger partial charge is 0.131 e. The molecule has 1 heterocycles. The minimum absolute atomic E-state index is 0.0390. The lowest BCUT2D eigenvalue weighted by Crippen LogP contribution is -2.53. The molecule has 1 unspecified atom stereocenters. The van der Waals surface area contributed by atoms with Gasteiger partial charge in [0.25, 0.3) is 0 Å². The van der Waals surface area contributed by atoms with E-state index in [4.69, 9.17) is 4.74 Å². The van der Waals surface area contributed by atoms with E-state index in [1.165, 1.54) is 11.6 Å². The molecule has 3 nitrogen and oxygen atoms in total. The van der Waals surface area contributed by atoms with Crippen LogP contribution in [0, 0.1) is 5.41 Å². The molecule has 0 bridgehead atoms. The molecule has 1 aromatic carbocycles. The highest BCUT2D eigenvalue weighted by Crippen LogP contribution is 2.60. The zero-order chi connectivity index (χ0) is 14.7. The largest absolute Gasteiger partial charge is 0.508 e. The fraction of sp³-hybridized carbons (Fsp3) is 0.529. The predicted molar refractivity (Wildman–Crippen MR) is 78.3 cm³/mol. The second-order valence-corrected chi connectivity index (χ2v) is 6.90. The van der Waals surface area contributed by atoms with Crippen LogP contribution in [-0.2, 0) is 0 Å². The summed E-state index contributed by atoms with van der Waals surface area (Å²) in [5.41, 5.74) is 1.75. The van der Waals surface area contributed by atoms with Gasteiger partial charge < -0.3 is 14.9 Å². The van der Waals surface area contributed by atoms with E-state index in [1.54, 1.807) is 6.07 Å². The molecule has 3 heteroatoms. The van der Waals surface area contributed by atoms with Crippen LogP contribution in [0.4, 0.5) is 0 Å². The maximum Gasteiger partial charge on any atom is 0.131 e. The molecule has 0 fully saturated rings. The lowest BCUT2D eigenvalue weighted by atomic mass is 9.57. The SMILES string of the molecule is CC1=CC2c3c(O)cc(O)cc3OC(C)(C)[C@]2(C)CC1. The Bertz CT molecular complexity index is 600. The zero-order valence-electron chi connectivity index (χ0n) is 12.5. The van der Waals surface area contributed by atoms with Crippen LogP contribution in [0.5, 0.6) is 17.2 Å². The molecular weight excluding hydrogens is 252 g/mol. The van der Waals surface area contributed by atoms with Crippen LogP contribution < -0.4 is 4.74 Å². The van der Waals surface area contributed by atoms with Crippen molar-refractivity contribution in [2.24, 2.45) is 5.41 Å². The van der Waals surface area contributed by atoms with Crippen molar-refractivity contribution in [3.8, 4) is 17.2 Å². The van der Waals surface area contributed by atoms with E-state index in [9.17, 15) is 10.2 Å². The molecule has 1 aromatic rings. The molecule has 20 heavy (non-hydrogen) atoms. The number of benzene rings is 1. The van der Waals surface area contributed by atoms with E-state index in [1.807, 2.05) is 0 Å². The number of allylic oxidation sites excluding steroid dienone is 2. The van der Waals surface area contributed by atoms with Crippen molar-refractivity contribution < 1.29 is 14.9 Å². The molecule has 0 aromatic heterocycles. The van der Waals surface area contributed by atoms with Crippen LogP contribution in [0.1, 0.15) is 52.0 Å². The fourth-order valence-electron chi connectivity index (χ4n) is 3.63. The van der Waals surface area contributed by atoms with Gasteiger partial charge in [-0.1, -0.05) is 18.6 Å². The highest BCUT2D eigenvalue weighted by atomic mass is 16.5. The quantitative estimate of drug-likeness (QED) is 0.700. The average molecular weight is 274 g/mol. The molecular formula is C17H22O3. The van der Waals surface area contributed by atoms with Crippen LogP contribution in [0.2, 0.25) is 0 Å². The zero-order valence-corrected chi connectivity index (χ0v) is 12.5. The Hall–Kier alpha value is -1.64. The molecule has 1 aliphatic heterocycles. The van der Waals surface area contributed by atoms with E-state index in [0.29, 0.717) is 5.75 Å². The highest BCUT2D eigenvalue weighted by Gasteiger charge is 2.54. The summed E-state index contributed by atoms with van der Waals surface area (Å²) < 4.78 is 6.14. The van der Waals surface area contributed by atoms with Gasteiger partial charge >= 0.3 is 0 Å². The van der Waals surface area contributed by atoms with Crippen LogP contribution in [0.15, 0.2) is 23.8 Å². The summed E-state index contributed by atoms with van der Waals surface area (Å²) in [6.07, 6.45) is 4.35. The summed E-state index contributed by atoms with van der Waals surface area (Å²) in [6, 6.07) is 3.01. The number of hydrogen-bond acceptors (Lipinski definition) is 3. The van der Waals surface area contributed by atoms with Crippen LogP contribution in [0.3, 0.4) is 0 Å². The van der Waals surface area contributed by atoms with E-state index in [2.05, 4.69) is 33.8 Å². The summed E-state index contributed by atoms with van der Waals surface area (Å²) in [4.78, 5) is 0. The predicted octanol–water partition coefficient (Wildman–Crippen LogP) is 4.10. The van der Waals surface area contributed by atoms with Crippen molar-refractivity contribution in [1.29, 1.82) is 0 Å². The molecule has 0 spiro atoms. The maximum absolute atomic E-state index is 10.3. The van der Waals surface area contributed by atoms with Crippen LogP contribution >= 0.6 is 0 Å².